The van der Waals surface area contributed by atoms with E-state index in [1.165, 1.54) is 0 Å². The fraction of sp³-hybridized carbons (Fsp3) is 0.462. The quantitative estimate of drug-likeness (QED) is 0.899. The van der Waals surface area contributed by atoms with Crippen LogP contribution in [0.25, 0.3) is 0 Å². The van der Waals surface area contributed by atoms with E-state index in [1.807, 2.05) is 32.9 Å². The van der Waals surface area contributed by atoms with Crippen molar-refractivity contribution in [2.24, 2.45) is 0 Å². The van der Waals surface area contributed by atoms with Gasteiger partial charge in [0.15, 0.2) is 6.10 Å². The van der Waals surface area contributed by atoms with Crippen LogP contribution in [0, 0.1) is 13.8 Å². The lowest BCUT2D eigenvalue weighted by molar-refractivity contribution is -0.127. The summed E-state index contributed by atoms with van der Waals surface area (Å²) >= 11 is 6.06. The minimum Gasteiger partial charge on any atom is -0.481 e. The van der Waals surface area contributed by atoms with Crippen LogP contribution in [0.5, 0.6) is 5.75 Å². The molecular weight excluding hydrogens is 238 g/mol. The zero-order chi connectivity index (χ0) is 13.0. The van der Waals surface area contributed by atoms with Crippen LogP contribution in [-0.2, 0) is 4.79 Å². The van der Waals surface area contributed by atoms with Crippen LogP contribution in [-0.4, -0.2) is 18.6 Å². The fourth-order valence-electron chi connectivity index (χ4n) is 1.55. The Labute approximate surface area is 107 Å². The Kier molecular flexibility index (Phi) is 4.82. The number of benzene rings is 1. The first-order valence-electron chi connectivity index (χ1n) is 5.66. The second-order valence-corrected chi connectivity index (χ2v) is 4.40. The highest BCUT2D eigenvalue weighted by Gasteiger charge is 2.14. The Morgan fingerprint density at radius 3 is 2.41 bits per heavy atom. The van der Waals surface area contributed by atoms with Gasteiger partial charge in [-0.15, -0.1) is 0 Å². The molecule has 0 spiro atoms. The summed E-state index contributed by atoms with van der Waals surface area (Å²) in [5, 5.41) is 3.46. The number of ether oxygens (including phenoxy) is 1. The van der Waals surface area contributed by atoms with Gasteiger partial charge in [-0.3, -0.25) is 4.79 Å². The summed E-state index contributed by atoms with van der Waals surface area (Å²) < 4.78 is 5.57. The monoisotopic (exact) mass is 255 g/mol. The van der Waals surface area contributed by atoms with E-state index in [-0.39, 0.29) is 5.91 Å². The Hall–Kier alpha value is -1.22. The third kappa shape index (κ3) is 3.63. The molecule has 4 heteroatoms. The van der Waals surface area contributed by atoms with Crippen LogP contribution in [0.1, 0.15) is 25.0 Å². The lowest BCUT2D eigenvalue weighted by Gasteiger charge is -2.15. The predicted molar refractivity (Wildman–Crippen MR) is 69.7 cm³/mol. The van der Waals surface area contributed by atoms with Gasteiger partial charge in [-0.25, -0.2) is 0 Å². The fourth-order valence-corrected chi connectivity index (χ4v) is 1.66. The molecule has 1 N–H and O–H groups in total. The van der Waals surface area contributed by atoms with Gasteiger partial charge < -0.3 is 10.1 Å². The van der Waals surface area contributed by atoms with E-state index in [9.17, 15) is 4.79 Å². The zero-order valence-electron chi connectivity index (χ0n) is 10.6. The maximum Gasteiger partial charge on any atom is 0.260 e. The van der Waals surface area contributed by atoms with Crippen LogP contribution in [0.4, 0.5) is 0 Å². The molecular formula is C13H18ClNO2. The van der Waals surface area contributed by atoms with Crippen molar-refractivity contribution in [2.45, 2.75) is 33.8 Å². The minimum atomic E-state index is -0.505. The molecule has 0 saturated carbocycles. The SMILES string of the molecule is CCNC(=O)[C@H](C)Oc1cc(C)c(Cl)c(C)c1. The van der Waals surface area contributed by atoms with Gasteiger partial charge in [0.1, 0.15) is 5.75 Å². The summed E-state index contributed by atoms with van der Waals surface area (Å²) in [5.74, 6) is 0.556. The maximum absolute atomic E-state index is 11.5. The average Bonchev–Trinajstić information content (AvgIpc) is 2.26. The Morgan fingerprint density at radius 2 is 1.94 bits per heavy atom. The van der Waals surface area contributed by atoms with Crippen molar-refractivity contribution in [1.29, 1.82) is 0 Å². The summed E-state index contributed by atoms with van der Waals surface area (Å²) in [6, 6.07) is 3.68. The first kappa shape index (κ1) is 13.8. The molecule has 1 atom stereocenters. The maximum atomic E-state index is 11.5. The molecule has 0 radical (unpaired) electrons. The summed E-state index contributed by atoms with van der Waals surface area (Å²) in [4.78, 5) is 11.5. The molecule has 17 heavy (non-hydrogen) atoms. The van der Waals surface area contributed by atoms with Crippen LogP contribution in [0.3, 0.4) is 0 Å². The third-order valence-electron chi connectivity index (χ3n) is 2.44. The standard InChI is InChI=1S/C13H18ClNO2/c1-5-15-13(16)10(4)17-11-6-8(2)12(14)9(3)7-11/h6-7,10H,5H2,1-4H3,(H,15,16)/t10-/m0/s1. The number of hydrogen-bond donors (Lipinski definition) is 1. The van der Waals surface area contributed by atoms with E-state index in [0.29, 0.717) is 12.3 Å². The van der Waals surface area contributed by atoms with Gasteiger partial charge >= 0.3 is 0 Å². The second kappa shape index (κ2) is 5.92. The first-order chi connectivity index (χ1) is 7.95. The largest absolute Gasteiger partial charge is 0.481 e. The molecule has 0 heterocycles. The molecule has 1 amide bonds. The van der Waals surface area contributed by atoms with Crippen molar-refractivity contribution >= 4 is 17.5 Å². The number of nitrogens with one attached hydrogen (secondary N) is 1. The van der Waals surface area contributed by atoms with Crippen molar-refractivity contribution < 1.29 is 9.53 Å². The lowest BCUT2D eigenvalue weighted by atomic mass is 10.1. The van der Waals surface area contributed by atoms with Gasteiger partial charge in [0.05, 0.1) is 0 Å². The van der Waals surface area contributed by atoms with E-state index in [0.717, 1.165) is 16.1 Å². The Morgan fingerprint density at radius 1 is 1.41 bits per heavy atom. The summed E-state index contributed by atoms with van der Waals surface area (Å²) in [6.07, 6.45) is -0.505. The molecule has 0 unspecified atom stereocenters. The van der Waals surface area contributed by atoms with Gasteiger partial charge in [-0.2, -0.15) is 0 Å². The molecule has 1 aromatic carbocycles. The smallest absolute Gasteiger partial charge is 0.260 e. The van der Waals surface area contributed by atoms with E-state index in [2.05, 4.69) is 5.32 Å². The summed E-state index contributed by atoms with van der Waals surface area (Å²) in [7, 11) is 0. The lowest BCUT2D eigenvalue weighted by Crippen LogP contribution is -2.36. The van der Waals surface area contributed by atoms with Crippen molar-refractivity contribution in [3.63, 3.8) is 0 Å². The molecule has 0 bridgehead atoms. The number of halogens is 1. The first-order valence-corrected chi connectivity index (χ1v) is 6.04. The highest BCUT2D eigenvalue weighted by Crippen LogP contribution is 2.26. The second-order valence-electron chi connectivity index (χ2n) is 4.03. The van der Waals surface area contributed by atoms with Crippen molar-refractivity contribution in [1.82, 2.24) is 5.32 Å². The third-order valence-corrected chi connectivity index (χ3v) is 3.04. The van der Waals surface area contributed by atoms with Crippen LogP contribution in [0.2, 0.25) is 5.02 Å². The van der Waals surface area contributed by atoms with Gasteiger partial charge in [0.2, 0.25) is 0 Å². The number of likely N-dealkylation sites (N-methyl/N-ethyl adjacent to an activating group) is 1. The molecule has 1 rings (SSSR count). The van der Waals surface area contributed by atoms with Crippen molar-refractivity contribution in [2.75, 3.05) is 6.54 Å². The summed E-state index contributed by atoms with van der Waals surface area (Å²) in [5.41, 5.74) is 1.90. The van der Waals surface area contributed by atoms with Gasteiger partial charge in [0, 0.05) is 11.6 Å². The number of aryl methyl sites for hydroxylation is 2. The average molecular weight is 256 g/mol. The number of carbonyl (C=O) groups is 1. The molecule has 1 aromatic rings. The molecule has 94 valence electrons. The van der Waals surface area contributed by atoms with Gasteiger partial charge in [-0.05, 0) is 51.0 Å². The molecule has 0 saturated heterocycles. The number of hydrogen-bond acceptors (Lipinski definition) is 2. The predicted octanol–water partition coefficient (Wildman–Crippen LogP) is 2.86. The van der Waals surface area contributed by atoms with Crippen molar-refractivity contribution in [3.8, 4) is 5.75 Å². The molecule has 0 aliphatic rings. The molecule has 0 aromatic heterocycles. The van der Waals surface area contributed by atoms with Crippen molar-refractivity contribution in [3.05, 3.63) is 28.3 Å². The summed E-state index contributed by atoms with van der Waals surface area (Å²) in [6.45, 7) is 8.04. The molecule has 0 fully saturated rings. The minimum absolute atomic E-state index is 0.113. The molecule has 3 nitrogen and oxygen atoms in total. The van der Waals surface area contributed by atoms with E-state index >= 15 is 0 Å². The van der Waals surface area contributed by atoms with Gasteiger partial charge in [-0.1, -0.05) is 11.6 Å². The Balaban J connectivity index is 2.78. The van der Waals surface area contributed by atoms with E-state index in [4.69, 9.17) is 16.3 Å². The normalized spacial score (nSPS) is 12.1. The Bertz CT molecular complexity index is 395. The topological polar surface area (TPSA) is 38.3 Å². The van der Waals surface area contributed by atoms with Crippen LogP contribution < -0.4 is 10.1 Å². The van der Waals surface area contributed by atoms with Gasteiger partial charge in [0.25, 0.3) is 5.91 Å². The van der Waals surface area contributed by atoms with E-state index in [1.54, 1.807) is 6.92 Å². The highest BCUT2D eigenvalue weighted by atomic mass is 35.5. The molecule has 0 aliphatic heterocycles. The number of rotatable bonds is 4. The number of amides is 1. The highest BCUT2D eigenvalue weighted by molar-refractivity contribution is 6.32. The zero-order valence-corrected chi connectivity index (χ0v) is 11.4. The molecule has 0 aliphatic carbocycles. The number of carbonyl (C=O) groups excluding carboxylic acids is 1. The van der Waals surface area contributed by atoms with E-state index < -0.39 is 6.10 Å². The van der Waals surface area contributed by atoms with Crippen LogP contribution >= 0.6 is 11.6 Å². The van der Waals surface area contributed by atoms with Crippen LogP contribution in [0.15, 0.2) is 12.1 Å².